The summed E-state index contributed by atoms with van der Waals surface area (Å²) in [4.78, 5) is 16.0. The average molecular weight is 430 g/mol. The van der Waals surface area contributed by atoms with Crippen LogP contribution >= 0.6 is 0 Å². The number of aromatic carboxylic acids is 1. The Morgan fingerprint density at radius 1 is 1.13 bits per heavy atom. The first kappa shape index (κ1) is 22.1. The first-order valence-electron chi connectivity index (χ1n) is 9.66. The standard InChI is InChI=1S/C23H21F3N2O3/c1-3-14-10-17(13-27-21(14)15-6-5-7-18(11-15)31-4-2)28-20-9-8-16(23(24,25)26)12-19(20)22(29)30/h5-13,28H,3-4H2,1-2H3,(H,29,30). The molecule has 0 atom stereocenters. The average Bonchev–Trinajstić information content (AvgIpc) is 2.73. The van der Waals surface area contributed by atoms with Crippen molar-refractivity contribution in [3.8, 4) is 17.0 Å². The van der Waals surface area contributed by atoms with Crippen LogP contribution in [-0.4, -0.2) is 22.7 Å². The van der Waals surface area contributed by atoms with E-state index in [0.717, 1.165) is 34.7 Å². The maximum Gasteiger partial charge on any atom is 0.416 e. The number of anilines is 2. The molecule has 0 aliphatic carbocycles. The number of rotatable bonds is 7. The zero-order chi connectivity index (χ0) is 22.6. The van der Waals surface area contributed by atoms with Crippen molar-refractivity contribution in [3.63, 3.8) is 0 Å². The molecule has 0 bridgehead atoms. The number of nitrogens with one attached hydrogen (secondary N) is 1. The van der Waals surface area contributed by atoms with Gasteiger partial charge in [0.15, 0.2) is 0 Å². The third-order valence-electron chi connectivity index (χ3n) is 4.62. The minimum atomic E-state index is -4.63. The zero-order valence-corrected chi connectivity index (χ0v) is 17.0. The summed E-state index contributed by atoms with van der Waals surface area (Å²) in [5, 5.41) is 12.2. The Morgan fingerprint density at radius 2 is 1.90 bits per heavy atom. The number of benzene rings is 2. The zero-order valence-electron chi connectivity index (χ0n) is 17.0. The molecule has 5 nitrogen and oxygen atoms in total. The van der Waals surface area contributed by atoms with Crippen molar-refractivity contribution in [2.24, 2.45) is 0 Å². The van der Waals surface area contributed by atoms with Gasteiger partial charge in [0, 0.05) is 5.56 Å². The smallest absolute Gasteiger partial charge is 0.416 e. The Bertz CT molecular complexity index is 1100. The van der Waals surface area contributed by atoms with Gasteiger partial charge in [0.2, 0.25) is 0 Å². The Kier molecular flexibility index (Phi) is 6.48. The lowest BCUT2D eigenvalue weighted by molar-refractivity contribution is -0.137. The molecule has 0 saturated heterocycles. The number of pyridine rings is 1. The van der Waals surface area contributed by atoms with Crippen LogP contribution < -0.4 is 10.1 Å². The minimum absolute atomic E-state index is 0.0513. The lowest BCUT2D eigenvalue weighted by atomic mass is 10.0. The molecule has 0 aliphatic rings. The van der Waals surface area contributed by atoms with E-state index in [2.05, 4.69) is 10.3 Å². The van der Waals surface area contributed by atoms with Crippen LogP contribution in [0.25, 0.3) is 11.3 Å². The molecular formula is C23H21F3N2O3. The number of carboxylic acids is 1. The van der Waals surface area contributed by atoms with Gasteiger partial charge >= 0.3 is 12.1 Å². The Morgan fingerprint density at radius 3 is 2.55 bits per heavy atom. The summed E-state index contributed by atoms with van der Waals surface area (Å²) in [7, 11) is 0. The number of carbonyl (C=O) groups is 1. The van der Waals surface area contributed by atoms with E-state index in [0.29, 0.717) is 24.8 Å². The molecule has 0 radical (unpaired) electrons. The van der Waals surface area contributed by atoms with Crippen LogP contribution in [0.5, 0.6) is 5.75 Å². The van der Waals surface area contributed by atoms with Gasteiger partial charge in [-0.1, -0.05) is 19.1 Å². The fourth-order valence-electron chi connectivity index (χ4n) is 3.17. The lowest BCUT2D eigenvalue weighted by Gasteiger charge is -2.15. The van der Waals surface area contributed by atoms with E-state index in [4.69, 9.17) is 4.74 Å². The number of nitrogens with zero attached hydrogens (tertiary/aromatic N) is 1. The van der Waals surface area contributed by atoms with Crippen LogP contribution in [-0.2, 0) is 12.6 Å². The molecule has 3 aromatic rings. The summed E-state index contributed by atoms with van der Waals surface area (Å²) in [5.41, 5.74) is 1.55. The van der Waals surface area contributed by atoms with E-state index in [1.165, 1.54) is 6.20 Å². The molecule has 1 heterocycles. The van der Waals surface area contributed by atoms with Crippen molar-refractivity contribution in [2.75, 3.05) is 11.9 Å². The summed E-state index contributed by atoms with van der Waals surface area (Å²) in [6.45, 7) is 4.40. The second kappa shape index (κ2) is 9.07. The van der Waals surface area contributed by atoms with Crippen LogP contribution in [0.1, 0.15) is 35.3 Å². The van der Waals surface area contributed by atoms with Gasteiger partial charge < -0.3 is 15.2 Å². The molecule has 8 heteroatoms. The van der Waals surface area contributed by atoms with Crippen molar-refractivity contribution in [1.29, 1.82) is 0 Å². The molecule has 31 heavy (non-hydrogen) atoms. The summed E-state index contributed by atoms with van der Waals surface area (Å²) in [6.07, 6.45) is -2.46. The Hall–Kier alpha value is -3.55. The SMILES string of the molecule is CCOc1cccc(-c2ncc(Nc3ccc(C(F)(F)F)cc3C(=O)O)cc2CC)c1. The van der Waals surface area contributed by atoms with Crippen LogP contribution in [0.4, 0.5) is 24.5 Å². The van der Waals surface area contributed by atoms with Crippen molar-refractivity contribution in [1.82, 2.24) is 4.98 Å². The van der Waals surface area contributed by atoms with E-state index in [1.807, 2.05) is 38.1 Å². The van der Waals surface area contributed by atoms with Crippen molar-refractivity contribution >= 4 is 17.3 Å². The summed E-state index contributed by atoms with van der Waals surface area (Å²) in [6, 6.07) is 11.9. The Labute approximate surface area is 177 Å². The fourth-order valence-corrected chi connectivity index (χ4v) is 3.17. The largest absolute Gasteiger partial charge is 0.494 e. The molecule has 0 aliphatic heterocycles. The van der Waals surface area contributed by atoms with E-state index in [1.54, 1.807) is 6.07 Å². The molecule has 0 saturated carbocycles. The molecule has 0 unspecified atom stereocenters. The summed E-state index contributed by atoms with van der Waals surface area (Å²) < 4.78 is 44.4. The number of halogens is 3. The minimum Gasteiger partial charge on any atom is -0.494 e. The van der Waals surface area contributed by atoms with E-state index in [-0.39, 0.29) is 5.69 Å². The second-order valence-electron chi connectivity index (χ2n) is 6.73. The van der Waals surface area contributed by atoms with Gasteiger partial charge in [0.1, 0.15) is 5.75 Å². The molecular weight excluding hydrogens is 409 g/mol. The van der Waals surface area contributed by atoms with E-state index in [9.17, 15) is 23.1 Å². The van der Waals surface area contributed by atoms with Gasteiger partial charge in [-0.15, -0.1) is 0 Å². The maximum atomic E-state index is 12.9. The molecule has 2 aromatic carbocycles. The van der Waals surface area contributed by atoms with Crippen molar-refractivity contribution in [3.05, 3.63) is 71.4 Å². The third-order valence-corrected chi connectivity index (χ3v) is 4.62. The van der Waals surface area contributed by atoms with Crippen LogP contribution in [0.15, 0.2) is 54.7 Å². The van der Waals surface area contributed by atoms with Gasteiger partial charge in [-0.3, -0.25) is 4.98 Å². The maximum absolute atomic E-state index is 12.9. The topological polar surface area (TPSA) is 71.5 Å². The molecule has 1 aromatic heterocycles. The molecule has 162 valence electrons. The molecule has 0 fully saturated rings. The van der Waals surface area contributed by atoms with Gasteiger partial charge in [0.25, 0.3) is 0 Å². The summed E-state index contributed by atoms with van der Waals surface area (Å²) in [5.74, 6) is -0.733. The van der Waals surface area contributed by atoms with E-state index < -0.39 is 23.3 Å². The highest BCUT2D eigenvalue weighted by Crippen LogP contribution is 2.33. The number of ether oxygens (including phenoxy) is 1. The first-order valence-corrected chi connectivity index (χ1v) is 9.66. The number of hydrogen-bond acceptors (Lipinski definition) is 4. The van der Waals surface area contributed by atoms with Crippen molar-refractivity contribution < 1.29 is 27.8 Å². The van der Waals surface area contributed by atoms with Crippen LogP contribution in [0, 0.1) is 0 Å². The van der Waals surface area contributed by atoms with Crippen LogP contribution in [0.2, 0.25) is 0 Å². The van der Waals surface area contributed by atoms with Gasteiger partial charge in [-0.05, 0) is 55.3 Å². The first-order chi connectivity index (χ1) is 14.7. The predicted octanol–water partition coefficient (Wildman–Crippen LogP) is 6.17. The number of alkyl halides is 3. The van der Waals surface area contributed by atoms with Gasteiger partial charge in [-0.2, -0.15) is 13.2 Å². The van der Waals surface area contributed by atoms with Crippen LogP contribution in [0.3, 0.4) is 0 Å². The highest BCUT2D eigenvalue weighted by atomic mass is 19.4. The summed E-state index contributed by atoms with van der Waals surface area (Å²) >= 11 is 0. The highest BCUT2D eigenvalue weighted by molar-refractivity contribution is 5.95. The third kappa shape index (κ3) is 5.14. The quantitative estimate of drug-likeness (QED) is 0.469. The van der Waals surface area contributed by atoms with Gasteiger partial charge in [0.05, 0.1) is 41.0 Å². The lowest BCUT2D eigenvalue weighted by Crippen LogP contribution is -2.09. The number of aryl methyl sites for hydroxylation is 1. The number of carboxylic acid groups (broad SMARTS) is 1. The molecule has 0 amide bonds. The highest BCUT2D eigenvalue weighted by Gasteiger charge is 2.31. The fraction of sp³-hybridized carbons (Fsp3) is 0.217. The Balaban J connectivity index is 1.95. The molecule has 2 N–H and O–H groups in total. The molecule has 3 rings (SSSR count). The van der Waals surface area contributed by atoms with Gasteiger partial charge in [-0.25, -0.2) is 4.79 Å². The van der Waals surface area contributed by atoms with E-state index >= 15 is 0 Å². The molecule has 0 spiro atoms. The number of hydrogen-bond donors (Lipinski definition) is 2. The van der Waals surface area contributed by atoms with Crippen molar-refractivity contribution in [2.45, 2.75) is 26.4 Å². The second-order valence-corrected chi connectivity index (χ2v) is 6.73. The monoisotopic (exact) mass is 430 g/mol. The number of aromatic nitrogens is 1. The normalized spacial score (nSPS) is 11.3. The predicted molar refractivity (Wildman–Crippen MR) is 112 cm³/mol.